The molecule has 0 radical (unpaired) electrons. The zero-order valence-electron chi connectivity index (χ0n) is 12.3. The zero-order valence-corrected chi connectivity index (χ0v) is 12.3. The van der Waals surface area contributed by atoms with Gasteiger partial charge in [-0.2, -0.15) is 0 Å². The molecule has 0 fully saturated rings. The summed E-state index contributed by atoms with van der Waals surface area (Å²) in [6, 6.07) is 7.58. The average molecular weight is 265 g/mol. The lowest BCUT2D eigenvalue weighted by molar-refractivity contribution is -0.142. The summed E-state index contributed by atoms with van der Waals surface area (Å²) in [5.74, 6) is 0.707. The van der Waals surface area contributed by atoms with Crippen LogP contribution in [0.3, 0.4) is 0 Å². The third-order valence-electron chi connectivity index (χ3n) is 3.57. The molecule has 0 aliphatic heterocycles. The monoisotopic (exact) mass is 265 g/mol. The van der Waals surface area contributed by atoms with Gasteiger partial charge in [-0.3, -0.25) is 4.79 Å². The molecule has 106 valence electrons. The van der Waals surface area contributed by atoms with Gasteiger partial charge in [0.2, 0.25) is 0 Å². The molecule has 2 unspecified atom stereocenters. The Morgan fingerprint density at radius 2 is 1.89 bits per heavy atom. The van der Waals surface area contributed by atoms with Crippen LogP contribution in [-0.4, -0.2) is 25.7 Å². The highest BCUT2D eigenvalue weighted by Crippen LogP contribution is 2.20. The molecule has 1 aromatic rings. The number of hydrogen-bond acceptors (Lipinski definition) is 3. The Bertz CT molecular complexity index is 410. The first-order chi connectivity index (χ1) is 8.96. The number of rotatable bonds is 6. The van der Waals surface area contributed by atoms with Crippen LogP contribution in [0.25, 0.3) is 0 Å². The molecule has 1 rings (SSSR count). The molecule has 1 amide bonds. The Kier molecular flexibility index (Phi) is 5.36. The van der Waals surface area contributed by atoms with Crippen molar-refractivity contribution < 1.29 is 14.3 Å². The molecular formula is C15H23NO3. The van der Waals surface area contributed by atoms with Crippen LogP contribution >= 0.6 is 0 Å². The standard InChI is InChI=1S/C15H23NO3/c1-6-15(3,19-5)14(17)16-11(2)12-7-9-13(18-4)10-8-12/h7-11H,6H2,1-5H3,(H,16,17). The van der Waals surface area contributed by atoms with E-state index in [2.05, 4.69) is 5.32 Å². The van der Waals surface area contributed by atoms with Crippen LogP contribution < -0.4 is 10.1 Å². The van der Waals surface area contributed by atoms with Crippen molar-refractivity contribution in [2.24, 2.45) is 0 Å². The molecule has 0 spiro atoms. The van der Waals surface area contributed by atoms with Crippen molar-refractivity contribution in [3.8, 4) is 5.75 Å². The SMILES string of the molecule is CCC(C)(OC)C(=O)NC(C)c1ccc(OC)cc1. The summed E-state index contributed by atoms with van der Waals surface area (Å²) < 4.78 is 10.4. The van der Waals surface area contributed by atoms with Crippen LogP contribution in [0.15, 0.2) is 24.3 Å². The summed E-state index contributed by atoms with van der Waals surface area (Å²) >= 11 is 0. The topological polar surface area (TPSA) is 47.6 Å². The fourth-order valence-electron chi connectivity index (χ4n) is 1.72. The zero-order chi connectivity index (χ0) is 14.5. The molecule has 1 N–H and O–H groups in total. The number of carbonyl (C=O) groups excluding carboxylic acids is 1. The van der Waals surface area contributed by atoms with Crippen LogP contribution in [0.5, 0.6) is 5.75 Å². The van der Waals surface area contributed by atoms with E-state index in [1.165, 1.54) is 0 Å². The smallest absolute Gasteiger partial charge is 0.252 e. The molecule has 0 saturated carbocycles. The lowest BCUT2D eigenvalue weighted by atomic mass is 10.0. The van der Waals surface area contributed by atoms with Crippen LogP contribution in [-0.2, 0) is 9.53 Å². The Hall–Kier alpha value is -1.55. The molecule has 4 nitrogen and oxygen atoms in total. The predicted molar refractivity (Wildman–Crippen MR) is 75.3 cm³/mol. The fraction of sp³-hybridized carbons (Fsp3) is 0.533. The Balaban J connectivity index is 2.73. The van der Waals surface area contributed by atoms with E-state index in [0.29, 0.717) is 6.42 Å². The van der Waals surface area contributed by atoms with E-state index in [4.69, 9.17) is 9.47 Å². The van der Waals surface area contributed by atoms with Gasteiger partial charge < -0.3 is 14.8 Å². The first-order valence-electron chi connectivity index (χ1n) is 6.47. The number of amides is 1. The maximum Gasteiger partial charge on any atom is 0.252 e. The third kappa shape index (κ3) is 3.70. The normalized spacial score (nSPS) is 15.4. The predicted octanol–water partition coefficient (Wildman–Crippen LogP) is 2.69. The Morgan fingerprint density at radius 1 is 1.32 bits per heavy atom. The molecule has 0 aliphatic carbocycles. The van der Waals surface area contributed by atoms with Gasteiger partial charge in [0.05, 0.1) is 13.2 Å². The van der Waals surface area contributed by atoms with Crippen LogP contribution in [0.1, 0.15) is 38.8 Å². The van der Waals surface area contributed by atoms with Gasteiger partial charge in [0.1, 0.15) is 11.4 Å². The first-order valence-corrected chi connectivity index (χ1v) is 6.47. The molecule has 1 aromatic carbocycles. The number of nitrogens with one attached hydrogen (secondary N) is 1. The van der Waals surface area contributed by atoms with Crippen molar-refractivity contribution in [1.82, 2.24) is 5.32 Å². The quantitative estimate of drug-likeness (QED) is 0.860. The van der Waals surface area contributed by atoms with Crippen molar-refractivity contribution in [2.75, 3.05) is 14.2 Å². The maximum absolute atomic E-state index is 12.2. The highest BCUT2D eigenvalue weighted by molar-refractivity contribution is 5.85. The third-order valence-corrected chi connectivity index (χ3v) is 3.57. The van der Waals surface area contributed by atoms with E-state index in [-0.39, 0.29) is 11.9 Å². The van der Waals surface area contributed by atoms with Crippen LogP contribution in [0.4, 0.5) is 0 Å². The van der Waals surface area contributed by atoms with Gasteiger partial charge in [0.15, 0.2) is 0 Å². The number of ether oxygens (including phenoxy) is 2. The Morgan fingerprint density at radius 3 is 2.32 bits per heavy atom. The summed E-state index contributed by atoms with van der Waals surface area (Å²) in [6.45, 7) is 5.68. The summed E-state index contributed by atoms with van der Waals surface area (Å²) in [6.07, 6.45) is 0.630. The first kappa shape index (κ1) is 15.5. The molecule has 19 heavy (non-hydrogen) atoms. The van der Waals surface area contributed by atoms with Gasteiger partial charge in [-0.05, 0) is 38.0 Å². The van der Waals surface area contributed by atoms with Crippen molar-refractivity contribution in [1.29, 1.82) is 0 Å². The van der Waals surface area contributed by atoms with Crippen molar-refractivity contribution >= 4 is 5.91 Å². The van der Waals surface area contributed by atoms with Crippen LogP contribution in [0, 0.1) is 0 Å². The van der Waals surface area contributed by atoms with Crippen LogP contribution in [0.2, 0.25) is 0 Å². The van der Waals surface area contributed by atoms with Gasteiger partial charge in [-0.15, -0.1) is 0 Å². The summed E-state index contributed by atoms with van der Waals surface area (Å²) in [5, 5.41) is 2.97. The van der Waals surface area contributed by atoms with Crippen molar-refractivity contribution in [3.05, 3.63) is 29.8 Å². The second kappa shape index (κ2) is 6.57. The van der Waals surface area contributed by atoms with E-state index in [1.54, 1.807) is 21.1 Å². The van der Waals surface area contributed by atoms with Gasteiger partial charge in [-0.25, -0.2) is 0 Å². The van der Waals surface area contributed by atoms with Gasteiger partial charge >= 0.3 is 0 Å². The minimum Gasteiger partial charge on any atom is -0.497 e. The maximum atomic E-state index is 12.2. The summed E-state index contributed by atoms with van der Waals surface area (Å²) in [5.41, 5.74) is 0.254. The van der Waals surface area contributed by atoms with E-state index in [0.717, 1.165) is 11.3 Å². The average Bonchev–Trinajstić information content (AvgIpc) is 2.46. The molecule has 0 saturated heterocycles. The lowest BCUT2D eigenvalue weighted by Crippen LogP contribution is -2.46. The highest BCUT2D eigenvalue weighted by Gasteiger charge is 2.31. The van der Waals surface area contributed by atoms with E-state index < -0.39 is 5.60 Å². The van der Waals surface area contributed by atoms with Crippen molar-refractivity contribution in [2.45, 2.75) is 38.8 Å². The largest absolute Gasteiger partial charge is 0.497 e. The number of methoxy groups -OCH3 is 2. The minimum atomic E-state index is -0.777. The molecular weight excluding hydrogens is 242 g/mol. The van der Waals surface area contributed by atoms with Gasteiger partial charge in [-0.1, -0.05) is 19.1 Å². The van der Waals surface area contributed by atoms with E-state index in [1.807, 2.05) is 38.1 Å². The lowest BCUT2D eigenvalue weighted by Gasteiger charge is -2.27. The fourth-order valence-corrected chi connectivity index (χ4v) is 1.72. The number of carbonyl (C=O) groups is 1. The molecule has 0 heterocycles. The Labute approximate surface area is 115 Å². The molecule has 0 aromatic heterocycles. The molecule has 0 bridgehead atoms. The second-order valence-corrected chi connectivity index (χ2v) is 4.76. The second-order valence-electron chi connectivity index (χ2n) is 4.76. The number of benzene rings is 1. The summed E-state index contributed by atoms with van der Waals surface area (Å²) in [4.78, 5) is 12.2. The molecule has 0 aliphatic rings. The van der Waals surface area contributed by atoms with E-state index >= 15 is 0 Å². The molecule has 4 heteroatoms. The summed E-state index contributed by atoms with van der Waals surface area (Å²) in [7, 11) is 3.19. The van der Waals surface area contributed by atoms with E-state index in [9.17, 15) is 4.79 Å². The molecule has 2 atom stereocenters. The van der Waals surface area contributed by atoms with Crippen molar-refractivity contribution in [3.63, 3.8) is 0 Å². The number of hydrogen-bond donors (Lipinski definition) is 1. The van der Waals surface area contributed by atoms with Gasteiger partial charge in [0.25, 0.3) is 5.91 Å². The highest BCUT2D eigenvalue weighted by atomic mass is 16.5. The van der Waals surface area contributed by atoms with Gasteiger partial charge in [0, 0.05) is 7.11 Å². The minimum absolute atomic E-state index is 0.0700.